The Bertz CT molecular complexity index is 360. The lowest BCUT2D eigenvalue weighted by Gasteiger charge is -2.40. The predicted molar refractivity (Wildman–Crippen MR) is 62.1 cm³/mol. The minimum Gasteiger partial charge on any atom is -0.321 e. The second-order valence-corrected chi connectivity index (χ2v) is 4.96. The molecule has 3 atom stereocenters. The molecule has 0 bridgehead atoms. The zero-order chi connectivity index (χ0) is 11.7. The topological polar surface area (TPSA) is 38.1 Å². The quantitative estimate of drug-likeness (QED) is 0.673. The van der Waals surface area contributed by atoms with Gasteiger partial charge in [-0.05, 0) is 25.2 Å². The van der Waals surface area contributed by atoms with Crippen molar-refractivity contribution in [3.8, 4) is 0 Å². The second kappa shape index (κ2) is 4.28. The summed E-state index contributed by atoms with van der Waals surface area (Å²) in [6.07, 6.45) is 6.12. The summed E-state index contributed by atoms with van der Waals surface area (Å²) in [7, 11) is 0. The lowest BCUT2D eigenvalue weighted by Crippen LogP contribution is -2.50. The number of hydrogen-bond donors (Lipinski definition) is 0. The van der Waals surface area contributed by atoms with Crippen molar-refractivity contribution in [1.82, 2.24) is 14.5 Å². The number of aromatic nitrogens is 2. The maximum atomic E-state index is 12.2. The molecule has 4 heteroatoms. The van der Waals surface area contributed by atoms with Crippen molar-refractivity contribution in [3.63, 3.8) is 0 Å². The molecular weight excluding hydrogens is 202 g/mol. The number of rotatable bonds is 0. The molecule has 0 radical (unpaired) electrons. The first kappa shape index (κ1) is 11.2. The molecule has 1 aliphatic heterocycles. The maximum Gasteiger partial charge on any atom is 0.329 e. The van der Waals surface area contributed by atoms with Crippen LogP contribution in [0.15, 0.2) is 18.7 Å². The average molecular weight is 221 g/mol. The summed E-state index contributed by atoms with van der Waals surface area (Å²) in [4.78, 5) is 18.1. The van der Waals surface area contributed by atoms with Gasteiger partial charge >= 0.3 is 6.03 Å². The average Bonchev–Trinajstić information content (AvgIpc) is 2.75. The summed E-state index contributed by atoms with van der Waals surface area (Å²) in [6, 6.07) is 0.356. The Balaban J connectivity index is 2.16. The molecule has 88 valence electrons. The Morgan fingerprint density at radius 1 is 1.38 bits per heavy atom. The second-order valence-electron chi connectivity index (χ2n) is 4.96. The van der Waals surface area contributed by atoms with Crippen LogP contribution in [0.2, 0.25) is 0 Å². The highest BCUT2D eigenvalue weighted by Crippen LogP contribution is 2.27. The van der Waals surface area contributed by atoms with Gasteiger partial charge in [-0.3, -0.25) is 4.57 Å². The van der Waals surface area contributed by atoms with Crippen molar-refractivity contribution in [3.05, 3.63) is 18.7 Å². The first-order valence-corrected chi connectivity index (χ1v) is 5.88. The van der Waals surface area contributed by atoms with E-state index in [0.29, 0.717) is 17.9 Å². The van der Waals surface area contributed by atoms with Gasteiger partial charge in [-0.1, -0.05) is 13.8 Å². The summed E-state index contributed by atoms with van der Waals surface area (Å²) in [5.41, 5.74) is 0. The van der Waals surface area contributed by atoms with E-state index in [4.69, 9.17) is 0 Å². The van der Waals surface area contributed by atoms with Gasteiger partial charge in [0.1, 0.15) is 6.33 Å². The van der Waals surface area contributed by atoms with E-state index in [1.165, 1.54) is 6.42 Å². The summed E-state index contributed by atoms with van der Waals surface area (Å²) < 4.78 is 1.56. The minimum absolute atomic E-state index is 0.0448. The third-order valence-electron chi connectivity index (χ3n) is 3.57. The molecule has 0 saturated carbocycles. The van der Waals surface area contributed by atoms with Gasteiger partial charge in [0.15, 0.2) is 0 Å². The molecular formula is C12H19N3O. The molecule has 0 aliphatic carbocycles. The fraction of sp³-hybridized carbons (Fsp3) is 0.667. The number of hydrogen-bond acceptors (Lipinski definition) is 2. The third-order valence-corrected chi connectivity index (χ3v) is 3.57. The van der Waals surface area contributed by atoms with Gasteiger partial charge in [0, 0.05) is 25.0 Å². The highest BCUT2D eigenvalue weighted by atomic mass is 16.2. The smallest absolute Gasteiger partial charge is 0.321 e. The lowest BCUT2D eigenvalue weighted by molar-refractivity contribution is 0.102. The number of nitrogens with zero attached hydrogens (tertiary/aromatic N) is 3. The van der Waals surface area contributed by atoms with E-state index in [9.17, 15) is 4.79 Å². The molecule has 1 aromatic rings. The van der Waals surface area contributed by atoms with Gasteiger partial charge in [0.25, 0.3) is 0 Å². The maximum absolute atomic E-state index is 12.2. The normalized spacial score (nSPS) is 30.4. The largest absolute Gasteiger partial charge is 0.329 e. The molecule has 1 aromatic heterocycles. The lowest BCUT2D eigenvalue weighted by atomic mass is 9.86. The van der Waals surface area contributed by atoms with Gasteiger partial charge in [-0.25, -0.2) is 9.78 Å². The summed E-state index contributed by atoms with van der Waals surface area (Å²) >= 11 is 0. The molecule has 1 aliphatic rings. The number of imidazole rings is 1. The van der Waals surface area contributed by atoms with Crippen LogP contribution in [0.1, 0.15) is 27.2 Å². The molecule has 3 unspecified atom stereocenters. The van der Waals surface area contributed by atoms with Gasteiger partial charge in [-0.2, -0.15) is 0 Å². The molecule has 16 heavy (non-hydrogen) atoms. The molecule has 2 rings (SSSR count). The Labute approximate surface area is 96.3 Å². The predicted octanol–water partition coefficient (Wildman–Crippen LogP) is 2.22. The first-order valence-electron chi connectivity index (χ1n) is 5.88. The fourth-order valence-corrected chi connectivity index (χ4v) is 2.49. The molecule has 2 heterocycles. The number of carbonyl (C=O) groups is 1. The number of amides is 1. The Morgan fingerprint density at radius 3 is 2.75 bits per heavy atom. The van der Waals surface area contributed by atoms with Crippen LogP contribution in [0.5, 0.6) is 0 Å². The SMILES string of the molecule is CC1CC(C)C(C)N(C(=O)n2ccnc2)C1. The summed E-state index contributed by atoms with van der Waals surface area (Å²) in [5.74, 6) is 1.15. The molecule has 1 fully saturated rings. The van der Waals surface area contributed by atoms with Crippen LogP contribution in [0.25, 0.3) is 0 Å². The van der Waals surface area contributed by atoms with Crippen LogP contribution in [0.3, 0.4) is 0 Å². The monoisotopic (exact) mass is 221 g/mol. The zero-order valence-electron chi connectivity index (χ0n) is 10.1. The van der Waals surface area contributed by atoms with Crippen LogP contribution in [0.4, 0.5) is 4.79 Å². The van der Waals surface area contributed by atoms with E-state index in [0.717, 1.165) is 6.54 Å². The molecule has 0 aromatic carbocycles. The molecule has 0 N–H and O–H groups in total. The Kier molecular flexibility index (Phi) is 2.99. The standard InChI is InChI=1S/C12H19N3O/c1-9-6-10(2)11(3)15(7-9)12(16)14-5-4-13-8-14/h4-5,8-11H,6-7H2,1-3H3. The Hall–Kier alpha value is -1.32. The first-order chi connectivity index (χ1) is 7.59. The van der Waals surface area contributed by atoms with E-state index >= 15 is 0 Å². The summed E-state index contributed by atoms with van der Waals surface area (Å²) in [6.45, 7) is 7.40. The molecule has 1 saturated heterocycles. The fourth-order valence-electron chi connectivity index (χ4n) is 2.49. The summed E-state index contributed by atoms with van der Waals surface area (Å²) in [5, 5.41) is 0. The number of likely N-dealkylation sites (tertiary alicyclic amines) is 1. The highest BCUT2D eigenvalue weighted by Gasteiger charge is 2.32. The van der Waals surface area contributed by atoms with E-state index in [-0.39, 0.29) is 6.03 Å². The van der Waals surface area contributed by atoms with Crippen molar-refractivity contribution >= 4 is 6.03 Å². The highest BCUT2D eigenvalue weighted by molar-refractivity contribution is 5.77. The van der Waals surface area contributed by atoms with E-state index < -0.39 is 0 Å². The van der Waals surface area contributed by atoms with Crippen molar-refractivity contribution in [2.75, 3.05) is 6.54 Å². The molecule has 0 spiro atoms. The Morgan fingerprint density at radius 2 is 2.12 bits per heavy atom. The zero-order valence-corrected chi connectivity index (χ0v) is 10.1. The van der Waals surface area contributed by atoms with Gasteiger partial charge in [0.2, 0.25) is 0 Å². The van der Waals surface area contributed by atoms with Crippen LogP contribution < -0.4 is 0 Å². The van der Waals surface area contributed by atoms with E-state index in [1.54, 1.807) is 23.3 Å². The molecule has 1 amide bonds. The van der Waals surface area contributed by atoms with Crippen molar-refractivity contribution < 1.29 is 4.79 Å². The van der Waals surface area contributed by atoms with Crippen LogP contribution >= 0.6 is 0 Å². The van der Waals surface area contributed by atoms with Crippen LogP contribution in [-0.2, 0) is 0 Å². The number of carbonyl (C=O) groups excluding carboxylic acids is 1. The van der Waals surface area contributed by atoms with Crippen molar-refractivity contribution in [1.29, 1.82) is 0 Å². The van der Waals surface area contributed by atoms with Gasteiger partial charge < -0.3 is 4.90 Å². The van der Waals surface area contributed by atoms with Crippen LogP contribution in [-0.4, -0.2) is 33.1 Å². The third kappa shape index (κ3) is 1.96. The van der Waals surface area contributed by atoms with Gasteiger partial charge in [-0.15, -0.1) is 0 Å². The molecule has 4 nitrogen and oxygen atoms in total. The van der Waals surface area contributed by atoms with E-state index in [1.807, 2.05) is 4.90 Å². The van der Waals surface area contributed by atoms with Crippen molar-refractivity contribution in [2.45, 2.75) is 33.2 Å². The van der Waals surface area contributed by atoms with Crippen LogP contribution in [0, 0.1) is 11.8 Å². The minimum atomic E-state index is 0.0448. The number of piperidine rings is 1. The van der Waals surface area contributed by atoms with Gasteiger partial charge in [0.05, 0.1) is 0 Å². The van der Waals surface area contributed by atoms with Crippen molar-refractivity contribution in [2.24, 2.45) is 11.8 Å². The van der Waals surface area contributed by atoms with E-state index in [2.05, 4.69) is 25.8 Å².